The Labute approximate surface area is 197 Å². The number of rotatable bonds is 9. The van der Waals surface area contributed by atoms with Gasteiger partial charge in [0.15, 0.2) is 5.60 Å². The number of carboxylic acid groups (broad SMARTS) is 1. The molecule has 9 heteroatoms. The lowest BCUT2D eigenvalue weighted by Crippen LogP contribution is -2.43. The van der Waals surface area contributed by atoms with Crippen molar-refractivity contribution in [2.24, 2.45) is 4.99 Å². The minimum absolute atomic E-state index is 0.132. The molecular weight excluding hydrogens is 447 g/mol. The summed E-state index contributed by atoms with van der Waals surface area (Å²) in [6.45, 7) is 7.04. The SMILES string of the molecule is CC(C)N1NC(c2ccc(C(F)(F)F)cc2)N=C1CCCc1ccc(OC(C)(C)C(=O)O)cc1. The number of hydrogen-bond acceptors (Lipinski definition) is 5. The predicted molar refractivity (Wildman–Crippen MR) is 123 cm³/mol. The molecule has 2 aromatic rings. The zero-order valence-electron chi connectivity index (χ0n) is 19.7. The first-order chi connectivity index (χ1) is 15.9. The highest BCUT2D eigenvalue weighted by Crippen LogP contribution is 2.31. The Morgan fingerprint density at radius 2 is 1.71 bits per heavy atom. The van der Waals surface area contributed by atoms with Crippen LogP contribution >= 0.6 is 0 Å². The van der Waals surface area contributed by atoms with Gasteiger partial charge in [-0.15, -0.1) is 0 Å². The van der Waals surface area contributed by atoms with Gasteiger partial charge in [-0.2, -0.15) is 13.2 Å². The van der Waals surface area contributed by atoms with Crippen LogP contribution in [0.15, 0.2) is 53.5 Å². The zero-order valence-corrected chi connectivity index (χ0v) is 19.7. The molecule has 0 saturated heterocycles. The Morgan fingerprint density at radius 1 is 1.09 bits per heavy atom. The normalized spacial score (nSPS) is 16.6. The van der Waals surface area contributed by atoms with E-state index in [1.807, 2.05) is 31.0 Å². The van der Waals surface area contributed by atoms with E-state index in [1.54, 1.807) is 12.1 Å². The number of aliphatic carboxylic acids is 1. The van der Waals surface area contributed by atoms with Crippen LogP contribution in [0.25, 0.3) is 0 Å². The van der Waals surface area contributed by atoms with E-state index in [9.17, 15) is 23.1 Å². The van der Waals surface area contributed by atoms with Gasteiger partial charge in [-0.25, -0.2) is 15.2 Å². The molecule has 6 nitrogen and oxygen atoms in total. The van der Waals surface area contributed by atoms with E-state index in [0.29, 0.717) is 17.7 Å². The zero-order chi connectivity index (χ0) is 25.1. The van der Waals surface area contributed by atoms with E-state index >= 15 is 0 Å². The molecule has 1 unspecified atom stereocenters. The fourth-order valence-corrected chi connectivity index (χ4v) is 3.59. The number of amidine groups is 1. The smallest absolute Gasteiger partial charge is 0.416 e. The fourth-order valence-electron chi connectivity index (χ4n) is 3.59. The number of alkyl halides is 3. The Bertz CT molecular complexity index is 1020. The summed E-state index contributed by atoms with van der Waals surface area (Å²) in [6, 6.07) is 12.5. The van der Waals surface area contributed by atoms with Crippen molar-refractivity contribution in [1.82, 2.24) is 10.4 Å². The van der Waals surface area contributed by atoms with Crippen LogP contribution in [0, 0.1) is 0 Å². The molecule has 3 rings (SSSR count). The Kier molecular flexibility index (Phi) is 7.55. The number of halogens is 3. The third kappa shape index (κ3) is 6.28. The molecule has 0 bridgehead atoms. The summed E-state index contributed by atoms with van der Waals surface area (Å²) < 4.78 is 44.1. The number of aryl methyl sites for hydroxylation is 1. The molecule has 0 amide bonds. The van der Waals surface area contributed by atoms with Crippen LogP contribution in [0.2, 0.25) is 0 Å². The minimum atomic E-state index is -4.36. The molecule has 1 atom stereocenters. The maximum absolute atomic E-state index is 12.9. The highest BCUT2D eigenvalue weighted by molar-refractivity contribution is 5.83. The average Bonchev–Trinajstić information content (AvgIpc) is 3.19. The van der Waals surface area contributed by atoms with Gasteiger partial charge < -0.3 is 9.84 Å². The topological polar surface area (TPSA) is 74.2 Å². The molecule has 0 aliphatic carbocycles. The highest BCUT2D eigenvalue weighted by Gasteiger charge is 2.32. The van der Waals surface area contributed by atoms with Gasteiger partial charge >= 0.3 is 12.1 Å². The van der Waals surface area contributed by atoms with Crippen molar-refractivity contribution in [3.05, 3.63) is 65.2 Å². The molecule has 1 heterocycles. The second-order valence-electron chi connectivity index (χ2n) is 9.08. The van der Waals surface area contributed by atoms with Crippen molar-refractivity contribution in [2.75, 3.05) is 0 Å². The molecule has 0 radical (unpaired) electrons. The fraction of sp³-hybridized carbons (Fsp3) is 0.440. The van der Waals surface area contributed by atoms with E-state index in [0.717, 1.165) is 36.4 Å². The number of hydrogen-bond donors (Lipinski definition) is 2. The number of hydrazine groups is 1. The van der Waals surface area contributed by atoms with Gasteiger partial charge in [-0.05, 0) is 75.9 Å². The van der Waals surface area contributed by atoms with Crippen LogP contribution in [0.1, 0.15) is 63.4 Å². The average molecular weight is 478 g/mol. The monoisotopic (exact) mass is 477 g/mol. The summed E-state index contributed by atoms with van der Waals surface area (Å²) in [4.78, 5) is 15.9. The lowest BCUT2D eigenvalue weighted by molar-refractivity contribution is -0.152. The van der Waals surface area contributed by atoms with Crippen molar-refractivity contribution < 1.29 is 27.8 Å². The van der Waals surface area contributed by atoms with E-state index in [1.165, 1.54) is 26.0 Å². The maximum Gasteiger partial charge on any atom is 0.416 e. The van der Waals surface area contributed by atoms with Gasteiger partial charge in [0, 0.05) is 12.5 Å². The summed E-state index contributed by atoms with van der Waals surface area (Å²) >= 11 is 0. The molecule has 1 aliphatic rings. The summed E-state index contributed by atoms with van der Waals surface area (Å²) in [5.41, 5.74) is 3.06. The van der Waals surface area contributed by atoms with E-state index < -0.39 is 29.5 Å². The Hall–Kier alpha value is -3.07. The van der Waals surface area contributed by atoms with Crippen LogP contribution < -0.4 is 10.2 Å². The van der Waals surface area contributed by atoms with Gasteiger partial charge in [-0.3, -0.25) is 5.01 Å². The van der Waals surface area contributed by atoms with Crippen LogP contribution in [-0.4, -0.2) is 33.6 Å². The first-order valence-electron chi connectivity index (χ1n) is 11.2. The summed E-state index contributed by atoms with van der Waals surface area (Å²) in [5.74, 6) is 0.320. The van der Waals surface area contributed by atoms with Gasteiger partial charge in [-0.1, -0.05) is 24.3 Å². The van der Waals surface area contributed by atoms with Gasteiger partial charge in [0.05, 0.1) is 5.56 Å². The van der Waals surface area contributed by atoms with Crippen molar-refractivity contribution in [3.63, 3.8) is 0 Å². The maximum atomic E-state index is 12.9. The third-order valence-corrected chi connectivity index (χ3v) is 5.56. The minimum Gasteiger partial charge on any atom is -0.478 e. The predicted octanol–water partition coefficient (Wildman–Crippen LogP) is 5.60. The van der Waals surface area contributed by atoms with Gasteiger partial charge in [0.2, 0.25) is 0 Å². The number of carboxylic acids is 1. The lowest BCUT2D eigenvalue weighted by atomic mass is 10.1. The van der Waals surface area contributed by atoms with E-state index in [4.69, 9.17) is 9.73 Å². The van der Waals surface area contributed by atoms with Crippen LogP contribution in [-0.2, 0) is 17.4 Å². The first kappa shape index (κ1) is 25.6. The van der Waals surface area contributed by atoms with Crippen molar-refractivity contribution in [2.45, 2.75) is 70.9 Å². The first-order valence-corrected chi connectivity index (χ1v) is 11.2. The highest BCUT2D eigenvalue weighted by atomic mass is 19.4. The molecule has 2 aromatic carbocycles. The molecule has 2 N–H and O–H groups in total. The molecular formula is C25H30F3N3O3. The third-order valence-electron chi connectivity index (χ3n) is 5.56. The number of carbonyl (C=O) groups is 1. The molecule has 0 fully saturated rings. The van der Waals surface area contributed by atoms with Crippen molar-refractivity contribution in [1.29, 1.82) is 0 Å². The van der Waals surface area contributed by atoms with Crippen LogP contribution in [0.3, 0.4) is 0 Å². The largest absolute Gasteiger partial charge is 0.478 e. The lowest BCUT2D eigenvalue weighted by Gasteiger charge is -2.26. The van der Waals surface area contributed by atoms with E-state index in [2.05, 4.69) is 5.43 Å². The van der Waals surface area contributed by atoms with Crippen LogP contribution in [0.5, 0.6) is 5.75 Å². The number of ether oxygens (including phenoxy) is 1. The number of nitrogens with one attached hydrogen (secondary N) is 1. The second-order valence-corrected chi connectivity index (χ2v) is 9.08. The molecule has 1 aliphatic heterocycles. The van der Waals surface area contributed by atoms with Crippen LogP contribution in [0.4, 0.5) is 13.2 Å². The molecule has 184 valence electrons. The summed E-state index contributed by atoms with van der Waals surface area (Å²) in [7, 11) is 0. The standard InChI is InChI=1S/C25H30F3N3O3/c1-16(2)31-21(29-22(30-31)18-10-12-19(13-11-18)25(26,27)28)7-5-6-17-8-14-20(15-9-17)34-24(3,4)23(32)33/h8-16,22,30H,5-7H2,1-4H3,(H,32,33). The number of aliphatic imine (C=N–C) groups is 1. The van der Waals surface area contributed by atoms with Gasteiger partial charge in [0.25, 0.3) is 0 Å². The summed E-state index contributed by atoms with van der Waals surface area (Å²) in [5, 5.41) is 11.1. The molecule has 0 spiro atoms. The molecule has 34 heavy (non-hydrogen) atoms. The van der Waals surface area contributed by atoms with E-state index in [-0.39, 0.29) is 6.04 Å². The molecule has 0 saturated carbocycles. The number of benzene rings is 2. The van der Waals surface area contributed by atoms with Crippen molar-refractivity contribution >= 4 is 11.8 Å². The number of nitrogens with zero attached hydrogens (tertiary/aromatic N) is 2. The molecule has 0 aromatic heterocycles. The summed E-state index contributed by atoms with van der Waals surface area (Å²) in [6.07, 6.45) is -2.47. The van der Waals surface area contributed by atoms with Crippen molar-refractivity contribution in [3.8, 4) is 5.75 Å². The second kappa shape index (κ2) is 10.0. The van der Waals surface area contributed by atoms with Gasteiger partial charge in [0.1, 0.15) is 17.8 Å². The quantitative estimate of drug-likeness (QED) is 0.492. The Balaban J connectivity index is 1.61. The Morgan fingerprint density at radius 3 is 2.24 bits per heavy atom.